The van der Waals surface area contributed by atoms with Crippen LogP contribution in [0.4, 0.5) is 0 Å². The molecule has 1 fully saturated rings. The molecule has 1 N–H and O–H groups in total. The van der Waals surface area contributed by atoms with Crippen LogP contribution in [0.25, 0.3) is 0 Å². The van der Waals surface area contributed by atoms with E-state index in [2.05, 4.69) is 27.7 Å². The normalized spacial score (nSPS) is 33.0. The highest BCUT2D eigenvalue weighted by atomic mass is 16.3. The maximum absolute atomic E-state index is 10.6. The van der Waals surface area contributed by atoms with Gasteiger partial charge in [0, 0.05) is 0 Å². The van der Waals surface area contributed by atoms with Gasteiger partial charge in [0.1, 0.15) is 0 Å². The Balaban J connectivity index is 2.61. The van der Waals surface area contributed by atoms with Crippen molar-refractivity contribution in [2.45, 2.75) is 65.4 Å². The van der Waals surface area contributed by atoms with E-state index in [1.807, 2.05) is 0 Å². The Bertz CT molecular complexity index is 168. The second-order valence-corrected chi connectivity index (χ2v) is 5.46. The molecule has 0 saturated heterocycles. The summed E-state index contributed by atoms with van der Waals surface area (Å²) in [6, 6.07) is 0. The summed E-state index contributed by atoms with van der Waals surface area (Å²) in [6.07, 6.45) is 5.97. The Labute approximate surface area is 88.9 Å². The van der Waals surface area contributed by atoms with Crippen LogP contribution in [0.2, 0.25) is 0 Å². The lowest BCUT2D eigenvalue weighted by molar-refractivity contribution is -0.0768. The first-order valence-electron chi connectivity index (χ1n) is 6.23. The second-order valence-electron chi connectivity index (χ2n) is 5.46. The summed E-state index contributed by atoms with van der Waals surface area (Å²) in [7, 11) is 0. The summed E-state index contributed by atoms with van der Waals surface area (Å²) in [6.45, 7) is 8.76. The van der Waals surface area contributed by atoms with Crippen LogP contribution >= 0.6 is 0 Å². The first kappa shape index (κ1) is 12.0. The van der Waals surface area contributed by atoms with Gasteiger partial charge < -0.3 is 5.11 Å². The van der Waals surface area contributed by atoms with Gasteiger partial charge in [0.05, 0.1) is 5.60 Å². The van der Waals surface area contributed by atoms with E-state index in [-0.39, 0.29) is 0 Å². The van der Waals surface area contributed by atoms with Gasteiger partial charge in [-0.05, 0) is 37.0 Å². The van der Waals surface area contributed by atoms with Gasteiger partial charge in [0.25, 0.3) is 0 Å². The Morgan fingerprint density at radius 2 is 1.71 bits per heavy atom. The molecule has 1 nitrogen and oxygen atoms in total. The van der Waals surface area contributed by atoms with E-state index in [0.29, 0.717) is 11.8 Å². The summed E-state index contributed by atoms with van der Waals surface area (Å²) in [5.41, 5.74) is -0.403. The lowest BCUT2D eigenvalue weighted by Crippen LogP contribution is -2.43. The third-order valence-electron chi connectivity index (χ3n) is 4.29. The molecular weight excluding hydrogens is 172 g/mol. The zero-order valence-corrected chi connectivity index (χ0v) is 10.2. The Hall–Kier alpha value is -0.0400. The Morgan fingerprint density at radius 3 is 2.07 bits per heavy atom. The van der Waals surface area contributed by atoms with Gasteiger partial charge >= 0.3 is 0 Å². The van der Waals surface area contributed by atoms with Gasteiger partial charge in [-0.15, -0.1) is 0 Å². The molecule has 1 aliphatic carbocycles. The lowest BCUT2D eigenvalue weighted by Gasteiger charge is -2.42. The first-order chi connectivity index (χ1) is 6.50. The van der Waals surface area contributed by atoms with Gasteiger partial charge in [-0.25, -0.2) is 0 Å². The minimum Gasteiger partial charge on any atom is -0.389 e. The SMILES string of the molecule is CCC(O)(C(C)C)C1CCC(C)CC1. The molecule has 1 aliphatic rings. The molecule has 0 bridgehead atoms. The zero-order chi connectivity index (χ0) is 10.8. The molecule has 1 unspecified atom stereocenters. The maximum Gasteiger partial charge on any atom is 0.0695 e. The predicted octanol–water partition coefficient (Wildman–Crippen LogP) is 3.61. The van der Waals surface area contributed by atoms with Crippen molar-refractivity contribution in [3.63, 3.8) is 0 Å². The minimum atomic E-state index is -0.403. The summed E-state index contributed by atoms with van der Waals surface area (Å²) in [4.78, 5) is 0. The molecule has 84 valence electrons. The van der Waals surface area contributed by atoms with Gasteiger partial charge in [0.2, 0.25) is 0 Å². The largest absolute Gasteiger partial charge is 0.389 e. The van der Waals surface area contributed by atoms with Crippen molar-refractivity contribution in [3.8, 4) is 0 Å². The molecule has 1 heteroatoms. The molecule has 0 spiro atoms. The summed E-state index contributed by atoms with van der Waals surface area (Å²) in [5.74, 6) is 1.81. The molecule has 0 aromatic rings. The highest BCUT2D eigenvalue weighted by molar-refractivity contribution is 4.90. The molecule has 0 heterocycles. The number of aliphatic hydroxyl groups is 1. The van der Waals surface area contributed by atoms with Crippen molar-refractivity contribution in [1.82, 2.24) is 0 Å². The smallest absolute Gasteiger partial charge is 0.0695 e. The van der Waals surface area contributed by atoms with E-state index in [1.54, 1.807) is 0 Å². The van der Waals surface area contributed by atoms with Gasteiger partial charge in [-0.2, -0.15) is 0 Å². The van der Waals surface area contributed by atoms with Crippen LogP contribution in [-0.2, 0) is 0 Å². The highest BCUT2D eigenvalue weighted by Crippen LogP contribution is 2.40. The van der Waals surface area contributed by atoms with Crippen molar-refractivity contribution in [3.05, 3.63) is 0 Å². The van der Waals surface area contributed by atoms with E-state index in [9.17, 15) is 5.11 Å². The third-order valence-corrected chi connectivity index (χ3v) is 4.29. The molecule has 0 amide bonds. The molecule has 1 rings (SSSR count). The van der Waals surface area contributed by atoms with Gasteiger partial charge in [0.15, 0.2) is 0 Å². The van der Waals surface area contributed by atoms with Crippen LogP contribution in [0, 0.1) is 17.8 Å². The van der Waals surface area contributed by atoms with Crippen LogP contribution in [-0.4, -0.2) is 10.7 Å². The van der Waals surface area contributed by atoms with Crippen molar-refractivity contribution in [2.24, 2.45) is 17.8 Å². The van der Waals surface area contributed by atoms with Crippen LogP contribution in [0.3, 0.4) is 0 Å². The molecule has 0 aromatic carbocycles. The average molecular weight is 198 g/mol. The Morgan fingerprint density at radius 1 is 1.21 bits per heavy atom. The van der Waals surface area contributed by atoms with Crippen LogP contribution < -0.4 is 0 Å². The number of hydrogen-bond donors (Lipinski definition) is 1. The Kier molecular flexibility index (Phi) is 4.00. The summed E-state index contributed by atoms with van der Waals surface area (Å²) in [5, 5.41) is 10.6. The molecule has 0 radical (unpaired) electrons. The van der Waals surface area contributed by atoms with Crippen molar-refractivity contribution in [1.29, 1.82) is 0 Å². The van der Waals surface area contributed by atoms with E-state index < -0.39 is 5.60 Å². The topological polar surface area (TPSA) is 20.2 Å². The molecule has 0 aliphatic heterocycles. The average Bonchev–Trinajstić information content (AvgIpc) is 2.17. The highest BCUT2D eigenvalue weighted by Gasteiger charge is 2.39. The maximum atomic E-state index is 10.6. The van der Waals surface area contributed by atoms with Crippen molar-refractivity contribution >= 4 is 0 Å². The molecule has 0 aromatic heterocycles. The van der Waals surface area contributed by atoms with Crippen LogP contribution in [0.1, 0.15) is 59.8 Å². The molecular formula is C13H26O. The molecule has 1 atom stereocenters. The van der Waals surface area contributed by atoms with Gasteiger partial charge in [-0.3, -0.25) is 0 Å². The lowest BCUT2D eigenvalue weighted by atomic mass is 9.68. The summed E-state index contributed by atoms with van der Waals surface area (Å²) < 4.78 is 0. The predicted molar refractivity (Wildman–Crippen MR) is 61.2 cm³/mol. The van der Waals surface area contributed by atoms with Crippen molar-refractivity contribution in [2.75, 3.05) is 0 Å². The first-order valence-corrected chi connectivity index (χ1v) is 6.23. The fourth-order valence-electron chi connectivity index (χ4n) is 2.93. The summed E-state index contributed by atoms with van der Waals surface area (Å²) >= 11 is 0. The van der Waals surface area contributed by atoms with E-state index >= 15 is 0 Å². The van der Waals surface area contributed by atoms with E-state index in [1.165, 1.54) is 25.7 Å². The minimum absolute atomic E-state index is 0.394. The van der Waals surface area contributed by atoms with E-state index in [4.69, 9.17) is 0 Å². The zero-order valence-electron chi connectivity index (χ0n) is 10.2. The number of hydrogen-bond acceptors (Lipinski definition) is 1. The van der Waals surface area contributed by atoms with Crippen LogP contribution in [0.5, 0.6) is 0 Å². The van der Waals surface area contributed by atoms with Crippen LogP contribution in [0.15, 0.2) is 0 Å². The quantitative estimate of drug-likeness (QED) is 0.734. The second kappa shape index (κ2) is 4.65. The molecule has 1 saturated carbocycles. The van der Waals surface area contributed by atoms with E-state index in [0.717, 1.165) is 12.3 Å². The number of rotatable bonds is 3. The van der Waals surface area contributed by atoms with Gasteiger partial charge in [-0.1, -0.05) is 40.5 Å². The monoisotopic (exact) mass is 198 g/mol. The third kappa shape index (κ3) is 2.31. The molecule has 14 heavy (non-hydrogen) atoms. The fourth-order valence-corrected chi connectivity index (χ4v) is 2.93. The fraction of sp³-hybridized carbons (Fsp3) is 1.00. The van der Waals surface area contributed by atoms with Crippen molar-refractivity contribution < 1.29 is 5.11 Å². The standard InChI is InChI=1S/C13H26O/c1-5-13(14,10(2)3)12-8-6-11(4)7-9-12/h10-12,14H,5-9H2,1-4H3.